The van der Waals surface area contributed by atoms with Gasteiger partial charge in [0.05, 0.1) is 0 Å². The first-order valence-corrected chi connectivity index (χ1v) is 17.6. The maximum atomic E-state index is 6.59. The smallest absolute Gasteiger partial charge is 0.227 e. The SMILES string of the molecule is c1ccc(-c2ccc3c(c2)c2cc(N(c4ccccc4)c4ccc(-c5ccc6ccccc6c5)cc4)ccc2c2nc(-c4ccccc4)oc32)cc1. The lowest BCUT2D eigenvalue weighted by molar-refractivity contribution is 0.623. The van der Waals surface area contributed by atoms with E-state index >= 15 is 0 Å². The number of fused-ring (bicyclic) bond motifs is 7. The maximum absolute atomic E-state index is 6.59. The van der Waals surface area contributed by atoms with Gasteiger partial charge in [-0.05, 0) is 117 Å². The molecule has 0 aliphatic carbocycles. The molecule has 0 saturated carbocycles. The van der Waals surface area contributed by atoms with Gasteiger partial charge in [0.15, 0.2) is 5.58 Å². The summed E-state index contributed by atoms with van der Waals surface area (Å²) in [6.45, 7) is 0. The highest BCUT2D eigenvalue weighted by Crippen LogP contribution is 2.43. The van der Waals surface area contributed by atoms with Gasteiger partial charge in [-0.1, -0.05) is 121 Å². The summed E-state index contributed by atoms with van der Waals surface area (Å²) in [6.07, 6.45) is 0. The summed E-state index contributed by atoms with van der Waals surface area (Å²) in [5.41, 5.74) is 10.6. The van der Waals surface area contributed by atoms with Gasteiger partial charge < -0.3 is 9.32 Å². The molecule has 3 nitrogen and oxygen atoms in total. The quantitative estimate of drug-likeness (QED) is 0.166. The Labute approximate surface area is 301 Å². The Morgan fingerprint density at radius 3 is 1.65 bits per heavy atom. The summed E-state index contributed by atoms with van der Waals surface area (Å²) in [4.78, 5) is 7.44. The fourth-order valence-corrected chi connectivity index (χ4v) is 7.46. The van der Waals surface area contributed by atoms with Crippen LogP contribution < -0.4 is 4.90 Å². The van der Waals surface area contributed by atoms with Crippen LogP contribution in [-0.2, 0) is 0 Å². The van der Waals surface area contributed by atoms with E-state index in [9.17, 15) is 0 Å². The zero-order valence-electron chi connectivity index (χ0n) is 28.3. The number of nitrogens with zero attached hydrogens (tertiary/aromatic N) is 2. The van der Waals surface area contributed by atoms with Crippen LogP contribution in [0.5, 0.6) is 0 Å². The predicted octanol–water partition coefficient (Wildman–Crippen LogP) is 13.8. The zero-order chi connectivity index (χ0) is 34.4. The van der Waals surface area contributed by atoms with Gasteiger partial charge in [0.25, 0.3) is 0 Å². The topological polar surface area (TPSA) is 29.3 Å². The van der Waals surface area contributed by atoms with Gasteiger partial charge in [-0.2, -0.15) is 0 Å². The number of aromatic nitrogens is 1. The monoisotopic (exact) mass is 664 g/mol. The molecule has 0 spiro atoms. The number of rotatable bonds is 6. The van der Waals surface area contributed by atoms with Crippen molar-refractivity contribution in [3.63, 3.8) is 0 Å². The Morgan fingerprint density at radius 1 is 0.346 bits per heavy atom. The Morgan fingerprint density at radius 2 is 0.885 bits per heavy atom. The maximum Gasteiger partial charge on any atom is 0.227 e. The minimum absolute atomic E-state index is 0.623. The van der Waals surface area contributed by atoms with Crippen LogP contribution in [0.4, 0.5) is 17.1 Å². The van der Waals surface area contributed by atoms with E-state index in [1.54, 1.807) is 0 Å². The first kappa shape index (κ1) is 29.9. The van der Waals surface area contributed by atoms with Crippen molar-refractivity contribution in [2.45, 2.75) is 0 Å². The molecule has 0 radical (unpaired) electrons. The lowest BCUT2D eigenvalue weighted by atomic mass is 9.95. The third-order valence-electron chi connectivity index (χ3n) is 10.0. The molecule has 1 heterocycles. The van der Waals surface area contributed by atoms with Gasteiger partial charge >= 0.3 is 0 Å². The molecule has 0 bridgehead atoms. The summed E-state index contributed by atoms with van der Waals surface area (Å²) < 4.78 is 6.59. The molecule has 10 aromatic rings. The third-order valence-corrected chi connectivity index (χ3v) is 10.0. The summed E-state index contributed by atoms with van der Waals surface area (Å²) in [6, 6.07) is 68.8. The molecule has 244 valence electrons. The van der Waals surface area contributed by atoms with E-state index in [0.717, 1.165) is 60.8 Å². The zero-order valence-corrected chi connectivity index (χ0v) is 28.3. The van der Waals surface area contributed by atoms with E-state index < -0.39 is 0 Å². The third kappa shape index (κ3) is 5.19. The minimum atomic E-state index is 0.623. The van der Waals surface area contributed by atoms with Crippen LogP contribution in [0.3, 0.4) is 0 Å². The molecule has 0 aliphatic heterocycles. The minimum Gasteiger partial charge on any atom is -0.435 e. The molecular formula is C49H32N2O. The fraction of sp³-hybridized carbons (Fsp3) is 0. The van der Waals surface area contributed by atoms with Crippen molar-refractivity contribution in [1.82, 2.24) is 4.98 Å². The summed E-state index contributed by atoms with van der Waals surface area (Å²) in [7, 11) is 0. The van der Waals surface area contributed by atoms with Gasteiger partial charge in [-0.15, -0.1) is 0 Å². The molecule has 0 aliphatic rings. The number of oxazole rings is 1. The van der Waals surface area contributed by atoms with Gasteiger partial charge in [0.2, 0.25) is 5.89 Å². The first-order valence-electron chi connectivity index (χ1n) is 17.6. The van der Waals surface area contributed by atoms with Gasteiger partial charge in [-0.25, -0.2) is 4.98 Å². The highest BCUT2D eigenvalue weighted by Gasteiger charge is 2.20. The number of anilines is 3. The second kappa shape index (κ2) is 12.4. The van der Waals surface area contributed by atoms with Crippen molar-refractivity contribution < 1.29 is 4.42 Å². The van der Waals surface area contributed by atoms with E-state index in [0.29, 0.717) is 5.89 Å². The highest BCUT2D eigenvalue weighted by molar-refractivity contribution is 6.24. The van der Waals surface area contributed by atoms with Crippen LogP contribution >= 0.6 is 0 Å². The lowest BCUT2D eigenvalue weighted by Crippen LogP contribution is -2.09. The van der Waals surface area contributed by atoms with Gasteiger partial charge in [0, 0.05) is 33.4 Å². The predicted molar refractivity (Wildman–Crippen MR) is 218 cm³/mol. The molecule has 0 amide bonds. The molecule has 10 rings (SSSR count). The van der Waals surface area contributed by atoms with Crippen molar-refractivity contribution in [1.29, 1.82) is 0 Å². The van der Waals surface area contributed by atoms with E-state index in [-0.39, 0.29) is 0 Å². The number of hydrogen-bond donors (Lipinski definition) is 0. The molecule has 0 saturated heterocycles. The molecule has 0 atom stereocenters. The molecule has 0 N–H and O–H groups in total. The standard InChI is InChI=1S/C49H32N2O/c1-4-12-33(13-5-1)39-24-28-44-45(31-39)46-32-42(27-29-43(46)47-48(44)52-49(50-47)36-15-6-2-7-16-36)51(40-18-8-3-9-19-40)41-25-22-35(23-26-41)38-21-20-34-14-10-11-17-37(34)30-38/h1-32H. The molecule has 0 unspecified atom stereocenters. The number of benzene rings is 9. The Kier molecular flexibility index (Phi) is 7.14. The largest absolute Gasteiger partial charge is 0.435 e. The van der Waals surface area contributed by atoms with Crippen LogP contribution in [0.15, 0.2) is 199 Å². The lowest BCUT2D eigenvalue weighted by Gasteiger charge is -2.26. The van der Waals surface area contributed by atoms with E-state index in [4.69, 9.17) is 9.40 Å². The average molecular weight is 665 g/mol. The van der Waals surface area contributed by atoms with Crippen molar-refractivity contribution in [2.75, 3.05) is 4.90 Å². The van der Waals surface area contributed by atoms with Gasteiger partial charge in [0.1, 0.15) is 5.52 Å². The molecule has 3 heteroatoms. The van der Waals surface area contributed by atoms with Crippen molar-refractivity contribution in [2.24, 2.45) is 0 Å². The summed E-state index contributed by atoms with van der Waals surface area (Å²) >= 11 is 0. The highest BCUT2D eigenvalue weighted by atomic mass is 16.3. The van der Waals surface area contributed by atoms with Gasteiger partial charge in [-0.3, -0.25) is 0 Å². The van der Waals surface area contributed by atoms with Crippen molar-refractivity contribution in [3.05, 3.63) is 194 Å². The summed E-state index contributed by atoms with van der Waals surface area (Å²) in [5.74, 6) is 0.623. The van der Waals surface area contributed by atoms with E-state index in [1.807, 2.05) is 30.3 Å². The van der Waals surface area contributed by atoms with Crippen molar-refractivity contribution >= 4 is 60.5 Å². The fourth-order valence-electron chi connectivity index (χ4n) is 7.46. The molecule has 52 heavy (non-hydrogen) atoms. The molecule has 9 aromatic carbocycles. The molecule has 0 fully saturated rings. The van der Waals surface area contributed by atoms with E-state index in [1.165, 1.54) is 27.5 Å². The molecule has 1 aromatic heterocycles. The normalized spacial score (nSPS) is 11.5. The number of para-hydroxylation sites is 1. The van der Waals surface area contributed by atoms with E-state index in [2.05, 4.69) is 169 Å². The Hall–Kier alpha value is -6.97. The second-order valence-electron chi connectivity index (χ2n) is 13.2. The average Bonchev–Trinajstić information content (AvgIpc) is 3.68. The number of hydrogen-bond acceptors (Lipinski definition) is 3. The van der Waals surface area contributed by atoms with Crippen LogP contribution in [0.25, 0.3) is 77.1 Å². The van der Waals surface area contributed by atoms with Crippen LogP contribution in [0.1, 0.15) is 0 Å². The first-order chi connectivity index (χ1) is 25.8. The van der Waals surface area contributed by atoms with Crippen LogP contribution in [0.2, 0.25) is 0 Å². The van der Waals surface area contributed by atoms with Crippen molar-refractivity contribution in [3.8, 4) is 33.7 Å². The second-order valence-corrected chi connectivity index (χ2v) is 13.2. The van der Waals surface area contributed by atoms with Crippen LogP contribution in [0, 0.1) is 0 Å². The Balaban J connectivity index is 1.16. The Bertz CT molecular complexity index is 2880. The summed E-state index contributed by atoms with van der Waals surface area (Å²) in [5, 5.41) is 6.84. The molecular weight excluding hydrogens is 633 g/mol. The van der Waals surface area contributed by atoms with Crippen LogP contribution in [-0.4, -0.2) is 4.98 Å².